The van der Waals surface area contributed by atoms with E-state index in [1.54, 1.807) is 0 Å². The first-order chi connectivity index (χ1) is 17.8. The molecule has 3 aliphatic rings. The maximum atomic E-state index is 13.5. The van der Waals surface area contributed by atoms with Crippen LogP contribution < -0.4 is 15.4 Å². The molecule has 1 heterocycles. The van der Waals surface area contributed by atoms with Crippen molar-refractivity contribution in [2.24, 2.45) is 5.92 Å². The summed E-state index contributed by atoms with van der Waals surface area (Å²) in [4.78, 5) is 13.5. The lowest BCUT2D eigenvalue weighted by atomic mass is 9.76. The van der Waals surface area contributed by atoms with Crippen molar-refractivity contribution in [1.29, 1.82) is 0 Å². The van der Waals surface area contributed by atoms with Gasteiger partial charge in [0.05, 0.1) is 17.3 Å². The number of nitrogens with one attached hydrogen (secondary N) is 2. The summed E-state index contributed by atoms with van der Waals surface area (Å²) >= 11 is 0. The van der Waals surface area contributed by atoms with Crippen LogP contribution in [0.5, 0.6) is 5.75 Å². The maximum absolute atomic E-state index is 13.5. The second-order valence-electron chi connectivity index (χ2n) is 10.4. The maximum Gasteiger partial charge on any atom is 0.253 e. The fourth-order valence-electron chi connectivity index (χ4n) is 6.23. The van der Waals surface area contributed by atoms with Gasteiger partial charge in [0.15, 0.2) is 0 Å². The van der Waals surface area contributed by atoms with Gasteiger partial charge in [-0.05, 0) is 48.4 Å². The average molecular weight is 479 g/mol. The molecule has 3 unspecified atom stereocenters. The third-order valence-corrected chi connectivity index (χ3v) is 8.07. The van der Waals surface area contributed by atoms with E-state index in [1.807, 2.05) is 36.4 Å². The number of carbonyl (C=O) groups is 1. The van der Waals surface area contributed by atoms with Crippen molar-refractivity contribution in [1.82, 2.24) is 5.32 Å². The van der Waals surface area contributed by atoms with Gasteiger partial charge in [0.25, 0.3) is 5.91 Å². The number of hydrogen-bond acceptors (Lipinski definition) is 3. The van der Waals surface area contributed by atoms with Crippen molar-refractivity contribution < 1.29 is 9.53 Å². The summed E-state index contributed by atoms with van der Waals surface area (Å²) in [7, 11) is 0. The van der Waals surface area contributed by atoms with Crippen LogP contribution in [0.1, 0.15) is 77.5 Å². The first-order valence-corrected chi connectivity index (χ1v) is 13.4. The Hall–Kier alpha value is -3.53. The van der Waals surface area contributed by atoms with Gasteiger partial charge in [-0.3, -0.25) is 4.79 Å². The van der Waals surface area contributed by atoms with Gasteiger partial charge in [-0.25, -0.2) is 0 Å². The summed E-state index contributed by atoms with van der Waals surface area (Å²) < 4.78 is 6.35. The number of anilines is 1. The molecular formula is C32H34N2O2. The van der Waals surface area contributed by atoms with E-state index >= 15 is 0 Å². The standard InChI is InChI=1S/C32H34N2O2/c35-32(33-23-13-5-2-6-14-23)28-19-10-18-26-24-16-9-17-25(24)30(34-31(26)28)27-15-7-8-20-29(27)36-21-22-11-3-1-4-12-22/h1,3-4,7-12,15-16,18-20,23-25,30,34H,2,5-6,13-14,17,21H2,(H,33,35). The van der Waals surface area contributed by atoms with Crippen molar-refractivity contribution in [2.45, 2.75) is 63.1 Å². The summed E-state index contributed by atoms with van der Waals surface area (Å²) in [5.74, 6) is 1.61. The normalized spacial score (nSPS) is 22.8. The molecule has 4 nitrogen and oxygen atoms in total. The molecule has 0 aromatic heterocycles. The lowest BCUT2D eigenvalue weighted by Gasteiger charge is -2.39. The Kier molecular flexibility index (Phi) is 6.50. The molecule has 1 saturated carbocycles. The smallest absolute Gasteiger partial charge is 0.253 e. The molecule has 3 atom stereocenters. The highest BCUT2D eigenvalue weighted by Gasteiger charge is 2.40. The van der Waals surface area contributed by atoms with Crippen molar-refractivity contribution in [3.8, 4) is 5.75 Å². The van der Waals surface area contributed by atoms with Crippen LogP contribution in [0.2, 0.25) is 0 Å². The van der Waals surface area contributed by atoms with Gasteiger partial charge in [0, 0.05) is 17.5 Å². The van der Waals surface area contributed by atoms with Gasteiger partial charge >= 0.3 is 0 Å². The van der Waals surface area contributed by atoms with Crippen molar-refractivity contribution in [3.63, 3.8) is 0 Å². The van der Waals surface area contributed by atoms with Crippen LogP contribution in [0, 0.1) is 5.92 Å². The lowest BCUT2D eigenvalue weighted by molar-refractivity contribution is 0.0928. The highest BCUT2D eigenvalue weighted by molar-refractivity contribution is 6.01. The first kappa shape index (κ1) is 22.9. The van der Waals surface area contributed by atoms with E-state index in [1.165, 1.54) is 24.8 Å². The molecule has 3 aromatic carbocycles. The van der Waals surface area contributed by atoms with Gasteiger partial charge < -0.3 is 15.4 Å². The quantitative estimate of drug-likeness (QED) is 0.370. The highest BCUT2D eigenvalue weighted by atomic mass is 16.5. The zero-order chi connectivity index (χ0) is 24.3. The molecule has 184 valence electrons. The van der Waals surface area contributed by atoms with E-state index in [0.717, 1.165) is 47.4 Å². The third kappa shape index (κ3) is 4.53. The molecule has 0 saturated heterocycles. The second-order valence-corrected chi connectivity index (χ2v) is 10.4. The first-order valence-electron chi connectivity index (χ1n) is 13.4. The molecule has 1 amide bonds. The fourth-order valence-corrected chi connectivity index (χ4v) is 6.23. The van der Waals surface area contributed by atoms with E-state index in [-0.39, 0.29) is 23.9 Å². The number of fused-ring (bicyclic) bond motifs is 3. The van der Waals surface area contributed by atoms with E-state index in [2.05, 4.69) is 59.2 Å². The Morgan fingerprint density at radius 1 is 0.889 bits per heavy atom. The molecule has 4 heteroatoms. The van der Waals surface area contributed by atoms with Gasteiger partial charge in [-0.1, -0.05) is 92.1 Å². The Labute approximate surface area is 213 Å². The van der Waals surface area contributed by atoms with Crippen LogP contribution in [0.15, 0.2) is 84.9 Å². The van der Waals surface area contributed by atoms with Crippen LogP contribution in [0.3, 0.4) is 0 Å². The predicted molar refractivity (Wildman–Crippen MR) is 144 cm³/mol. The fraction of sp³-hybridized carbons (Fsp3) is 0.344. The van der Waals surface area contributed by atoms with E-state index in [9.17, 15) is 4.79 Å². The number of hydrogen-bond donors (Lipinski definition) is 2. The Morgan fingerprint density at radius 2 is 1.67 bits per heavy atom. The molecule has 1 fully saturated rings. The zero-order valence-corrected chi connectivity index (χ0v) is 20.7. The molecule has 1 aliphatic heterocycles. The number of amides is 1. The molecule has 36 heavy (non-hydrogen) atoms. The van der Waals surface area contributed by atoms with Gasteiger partial charge in [0.2, 0.25) is 0 Å². The van der Waals surface area contributed by atoms with Gasteiger partial charge in [-0.15, -0.1) is 0 Å². The van der Waals surface area contributed by atoms with Crippen LogP contribution in [0.4, 0.5) is 5.69 Å². The Morgan fingerprint density at radius 3 is 2.53 bits per heavy atom. The highest BCUT2D eigenvalue weighted by Crippen LogP contribution is 2.52. The Balaban J connectivity index is 1.31. The van der Waals surface area contributed by atoms with Gasteiger partial charge in [0.1, 0.15) is 12.4 Å². The topological polar surface area (TPSA) is 50.4 Å². The second kappa shape index (κ2) is 10.2. The predicted octanol–water partition coefficient (Wildman–Crippen LogP) is 7.15. The van der Waals surface area contributed by atoms with Crippen molar-refractivity contribution in [2.75, 3.05) is 5.32 Å². The minimum absolute atomic E-state index is 0.0408. The molecule has 0 spiro atoms. The van der Waals surface area contributed by atoms with Crippen LogP contribution in [-0.4, -0.2) is 11.9 Å². The number of ether oxygens (including phenoxy) is 1. The SMILES string of the molecule is O=C(NC1CCCCC1)c1cccc2c1NC(c1ccccc1OCc1ccccc1)C1CC=CC21. The summed E-state index contributed by atoms with van der Waals surface area (Å²) in [5, 5.41) is 7.16. The summed E-state index contributed by atoms with van der Waals surface area (Å²) in [6.07, 6.45) is 11.5. The monoisotopic (exact) mass is 478 g/mol. The zero-order valence-electron chi connectivity index (χ0n) is 20.7. The van der Waals surface area contributed by atoms with Gasteiger partial charge in [-0.2, -0.15) is 0 Å². The molecule has 6 rings (SSSR count). The molecule has 3 aromatic rings. The van der Waals surface area contributed by atoms with Crippen LogP contribution in [-0.2, 0) is 6.61 Å². The molecule has 0 bridgehead atoms. The molecular weight excluding hydrogens is 444 g/mol. The van der Waals surface area contributed by atoms with E-state index in [0.29, 0.717) is 12.5 Å². The summed E-state index contributed by atoms with van der Waals surface area (Å²) in [6.45, 7) is 0.530. The van der Waals surface area contributed by atoms with E-state index < -0.39 is 0 Å². The third-order valence-electron chi connectivity index (χ3n) is 8.07. The minimum Gasteiger partial charge on any atom is -0.489 e. The van der Waals surface area contributed by atoms with Crippen LogP contribution in [0.25, 0.3) is 0 Å². The van der Waals surface area contributed by atoms with Crippen molar-refractivity contribution >= 4 is 11.6 Å². The Bertz CT molecular complexity index is 1250. The molecule has 2 aliphatic carbocycles. The average Bonchev–Trinajstić information content (AvgIpc) is 3.43. The number of carbonyl (C=O) groups excluding carboxylic acids is 1. The van der Waals surface area contributed by atoms with Crippen molar-refractivity contribution in [3.05, 3.63) is 107 Å². The molecule has 0 radical (unpaired) electrons. The lowest BCUT2D eigenvalue weighted by Crippen LogP contribution is -2.37. The largest absolute Gasteiger partial charge is 0.489 e. The number of benzene rings is 3. The number of rotatable bonds is 6. The summed E-state index contributed by atoms with van der Waals surface area (Å²) in [5.41, 5.74) is 5.26. The number of para-hydroxylation sites is 2. The minimum atomic E-state index is 0.0408. The van der Waals surface area contributed by atoms with Crippen LogP contribution >= 0.6 is 0 Å². The summed E-state index contributed by atoms with van der Waals surface area (Å²) in [6, 6.07) is 25.2. The molecule has 2 N–H and O–H groups in total. The van der Waals surface area contributed by atoms with E-state index in [4.69, 9.17) is 4.74 Å². The number of allylic oxidation sites excluding steroid dienone is 2.